The first-order valence-electron chi connectivity index (χ1n) is 13.3. The molecule has 1 aliphatic rings. The van der Waals surface area contributed by atoms with Gasteiger partial charge in [0.15, 0.2) is 0 Å². The molecule has 3 heterocycles. The molecule has 9 nitrogen and oxygen atoms in total. The topological polar surface area (TPSA) is 113 Å². The molecule has 38 heavy (non-hydrogen) atoms. The number of rotatable bonds is 14. The van der Waals surface area contributed by atoms with E-state index in [0.29, 0.717) is 36.2 Å². The van der Waals surface area contributed by atoms with Gasteiger partial charge in [0.25, 0.3) is 0 Å². The zero-order valence-electron chi connectivity index (χ0n) is 22.1. The van der Waals surface area contributed by atoms with Crippen molar-refractivity contribution in [2.24, 2.45) is 0 Å². The predicted octanol–water partition coefficient (Wildman–Crippen LogP) is 4.14. The van der Waals surface area contributed by atoms with Crippen LogP contribution in [0.15, 0.2) is 36.7 Å². The average Bonchev–Trinajstić information content (AvgIpc) is 2.92. The number of benzene rings is 1. The number of carboxylic acid groups (broad SMARTS) is 1. The van der Waals surface area contributed by atoms with Gasteiger partial charge in [0.1, 0.15) is 29.8 Å². The van der Waals surface area contributed by atoms with Crippen LogP contribution in [0.1, 0.15) is 43.9 Å². The number of nitrogens with one attached hydrogen (secondary N) is 2. The second-order valence-electron chi connectivity index (χ2n) is 9.85. The molecule has 204 valence electrons. The maximum Gasteiger partial charge on any atom is 0.326 e. The zero-order chi connectivity index (χ0) is 26.9. The summed E-state index contributed by atoms with van der Waals surface area (Å²) in [5.41, 5.74) is 2.94. The quantitative estimate of drug-likeness (QED) is 0.268. The number of hydrogen-bond donors (Lipinski definition) is 3. The van der Waals surface area contributed by atoms with Gasteiger partial charge in [-0.1, -0.05) is 6.07 Å². The first kappa shape index (κ1) is 27.7. The Morgan fingerprint density at radius 3 is 2.92 bits per heavy atom. The molecule has 0 radical (unpaired) electrons. The van der Waals surface area contributed by atoms with Gasteiger partial charge in [0.2, 0.25) is 0 Å². The number of nitrogens with zero attached hydrogens (tertiary/aromatic N) is 4. The number of pyridine rings is 1. The monoisotopic (exact) mass is 524 g/mol. The fraction of sp³-hybridized carbons (Fsp3) is 0.500. The van der Waals surface area contributed by atoms with Crippen molar-refractivity contribution in [3.63, 3.8) is 0 Å². The van der Waals surface area contributed by atoms with Crippen LogP contribution in [0.2, 0.25) is 0 Å². The van der Waals surface area contributed by atoms with Crippen molar-refractivity contribution in [2.45, 2.75) is 57.6 Å². The number of aliphatic carboxylic acids is 1. The fourth-order valence-corrected chi connectivity index (χ4v) is 4.76. The lowest BCUT2D eigenvalue weighted by atomic mass is 10.1. The van der Waals surface area contributed by atoms with Crippen LogP contribution in [0.5, 0.6) is 0 Å². The van der Waals surface area contributed by atoms with Crippen molar-refractivity contribution in [1.82, 2.24) is 19.9 Å². The van der Waals surface area contributed by atoms with E-state index in [9.17, 15) is 14.3 Å². The van der Waals surface area contributed by atoms with E-state index < -0.39 is 17.8 Å². The Hall–Kier alpha value is -3.37. The minimum absolute atomic E-state index is 0.0217. The number of unbranched alkanes of at least 4 members (excludes halogenated alkanes) is 1. The molecule has 0 saturated carbocycles. The summed E-state index contributed by atoms with van der Waals surface area (Å²) in [6, 6.07) is 7.62. The maximum atomic E-state index is 13.8. The molecule has 0 bridgehead atoms. The van der Waals surface area contributed by atoms with Crippen LogP contribution in [-0.2, 0) is 22.4 Å². The number of fused-ring (bicyclic) bond motifs is 2. The number of carbonyl (C=O) groups is 1. The molecule has 2 aromatic heterocycles. The van der Waals surface area contributed by atoms with E-state index in [2.05, 4.69) is 37.6 Å². The molecule has 2 atom stereocenters. The molecular formula is C28H37FN6O3. The molecule has 10 heteroatoms. The summed E-state index contributed by atoms with van der Waals surface area (Å²) in [6.45, 7) is 5.07. The first-order chi connectivity index (χ1) is 18.4. The standard InChI is InChI=1S/C28H37FN6O3/c1-19(38-2)17-35(14-4-3-7-22-10-8-20-6-5-13-30-26(20)33-22)15-12-25(28(36)37)34-27-23-16-21(29)9-11-24(23)31-18-32-27/h8-11,16,18-19,25H,3-7,12-15,17H2,1-2H3,(H,30,33)(H,36,37)(H,31,32,34)/t19-,25+/m1/s1. The lowest BCUT2D eigenvalue weighted by molar-refractivity contribution is -0.138. The van der Waals surface area contributed by atoms with Crippen molar-refractivity contribution in [3.8, 4) is 0 Å². The number of carboxylic acids is 1. The minimum Gasteiger partial charge on any atom is -0.480 e. The van der Waals surface area contributed by atoms with Crippen LogP contribution in [0, 0.1) is 5.82 Å². The van der Waals surface area contributed by atoms with Gasteiger partial charge in [-0.15, -0.1) is 0 Å². The smallest absolute Gasteiger partial charge is 0.326 e. The van der Waals surface area contributed by atoms with Crippen LogP contribution in [0.4, 0.5) is 16.0 Å². The molecule has 0 spiro atoms. The zero-order valence-corrected chi connectivity index (χ0v) is 22.1. The molecule has 0 aliphatic carbocycles. The summed E-state index contributed by atoms with van der Waals surface area (Å²) in [5, 5.41) is 16.7. The Morgan fingerprint density at radius 2 is 2.11 bits per heavy atom. The summed E-state index contributed by atoms with van der Waals surface area (Å²) >= 11 is 0. The summed E-state index contributed by atoms with van der Waals surface area (Å²) in [4.78, 5) is 27.4. The van der Waals surface area contributed by atoms with Crippen LogP contribution < -0.4 is 10.6 Å². The summed E-state index contributed by atoms with van der Waals surface area (Å²) in [5.74, 6) is -0.0785. The number of halogens is 1. The number of aryl methyl sites for hydroxylation is 2. The highest BCUT2D eigenvalue weighted by Gasteiger charge is 2.21. The van der Waals surface area contributed by atoms with Crippen LogP contribution >= 0.6 is 0 Å². The van der Waals surface area contributed by atoms with Crippen molar-refractivity contribution < 1.29 is 19.0 Å². The number of ether oxygens (including phenoxy) is 1. The molecule has 1 aliphatic heterocycles. The molecule has 3 N–H and O–H groups in total. The third-order valence-electron chi connectivity index (χ3n) is 6.97. The van der Waals surface area contributed by atoms with E-state index in [1.165, 1.54) is 24.0 Å². The second kappa shape index (κ2) is 13.4. The first-order valence-corrected chi connectivity index (χ1v) is 13.3. The largest absolute Gasteiger partial charge is 0.480 e. The molecule has 0 fully saturated rings. The van der Waals surface area contributed by atoms with Crippen LogP contribution in [-0.4, -0.2) is 76.4 Å². The second-order valence-corrected chi connectivity index (χ2v) is 9.85. The summed E-state index contributed by atoms with van der Waals surface area (Å²) in [6.07, 6.45) is 6.81. The van der Waals surface area contributed by atoms with Gasteiger partial charge in [-0.3, -0.25) is 0 Å². The minimum atomic E-state index is -0.986. The van der Waals surface area contributed by atoms with E-state index in [1.807, 2.05) is 6.92 Å². The average molecular weight is 525 g/mol. The van der Waals surface area contributed by atoms with Crippen LogP contribution in [0.25, 0.3) is 10.9 Å². The summed E-state index contributed by atoms with van der Waals surface area (Å²) in [7, 11) is 1.68. The molecule has 4 rings (SSSR count). The lowest BCUT2D eigenvalue weighted by Gasteiger charge is -2.27. The predicted molar refractivity (Wildman–Crippen MR) is 146 cm³/mol. The highest BCUT2D eigenvalue weighted by Crippen LogP contribution is 2.22. The number of anilines is 2. The Kier molecular flexibility index (Phi) is 9.78. The Morgan fingerprint density at radius 1 is 1.24 bits per heavy atom. The normalized spacial score (nSPS) is 14.6. The van der Waals surface area contributed by atoms with E-state index in [0.717, 1.165) is 56.7 Å². The molecule has 1 aromatic carbocycles. The maximum absolute atomic E-state index is 13.8. The summed E-state index contributed by atoms with van der Waals surface area (Å²) < 4.78 is 19.3. The Balaban J connectivity index is 1.33. The molecule has 0 saturated heterocycles. The fourth-order valence-electron chi connectivity index (χ4n) is 4.76. The molecule has 3 aromatic rings. The highest BCUT2D eigenvalue weighted by molar-refractivity contribution is 5.90. The van der Waals surface area contributed by atoms with E-state index >= 15 is 0 Å². The molecule has 0 amide bonds. The van der Waals surface area contributed by atoms with Gasteiger partial charge < -0.3 is 25.4 Å². The van der Waals surface area contributed by atoms with Gasteiger partial charge in [0, 0.05) is 37.8 Å². The Bertz CT molecular complexity index is 1230. The van der Waals surface area contributed by atoms with Crippen LogP contribution in [0.3, 0.4) is 0 Å². The third kappa shape index (κ3) is 7.58. The van der Waals surface area contributed by atoms with Gasteiger partial charge in [-0.2, -0.15) is 0 Å². The van der Waals surface area contributed by atoms with Crippen molar-refractivity contribution in [3.05, 3.63) is 53.7 Å². The van der Waals surface area contributed by atoms with E-state index in [-0.39, 0.29) is 6.10 Å². The lowest BCUT2D eigenvalue weighted by Crippen LogP contribution is -2.38. The van der Waals surface area contributed by atoms with Gasteiger partial charge in [-0.05, 0) is 81.8 Å². The molecular weight excluding hydrogens is 487 g/mol. The van der Waals surface area contributed by atoms with Gasteiger partial charge in [-0.25, -0.2) is 24.1 Å². The number of methoxy groups -OCH3 is 1. The van der Waals surface area contributed by atoms with Crippen molar-refractivity contribution >= 4 is 28.5 Å². The highest BCUT2D eigenvalue weighted by atomic mass is 19.1. The Labute approximate surface area is 222 Å². The van der Waals surface area contributed by atoms with Gasteiger partial charge in [0.05, 0.1) is 11.6 Å². The number of hydrogen-bond acceptors (Lipinski definition) is 8. The third-order valence-corrected chi connectivity index (χ3v) is 6.97. The number of aromatic nitrogens is 3. The van der Waals surface area contributed by atoms with Crippen molar-refractivity contribution in [2.75, 3.05) is 43.9 Å². The molecule has 0 unspecified atom stereocenters. The van der Waals surface area contributed by atoms with Gasteiger partial charge >= 0.3 is 5.97 Å². The van der Waals surface area contributed by atoms with Crippen molar-refractivity contribution in [1.29, 1.82) is 0 Å². The SMILES string of the molecule is CO[C@H](C)CN(CCCCc1ccc2c(n1)NCCC2)CC[C@H](Nc1ncnc2ccc(F)cc12)C(=O)O. The van der Waals surface area contributed by atoms with E-state index in [1.54, 1.807) is 13.2 Å². The van der Waals surface area contributed by atoms with E-state index in [4.69, 9.17) is 9.72 Å².